The summed E-state index contributed by atoms with van der Waals surface area (Å²) in [7, 11) is 0. The van der Waals surface area contributed by atoms with Gasteiger partial charge in [-0.15, -0.1) is 0 Å². The van der Waals surface area contributed by atoms with Gasteiger partial charge >= 0.3 is 0 Å². The second-order valence-corrected chi connectivity index (χ2v) is 12.7. The second-order valence-electron chi connectivity index (χ2n) is 12.7. The van der Waals surface area contributed by atoms with Gasteiger partial charge in [0.15, 0.2) is 11.6 Å². The fraction of sp³-hybridized carbons (Fsp3) is 0.304. The Morgan fingerprint density at radius 1 is 0.565 bits per heavy atom. The van der Waals surface area contributed by atoms with Crippen molar-refractivity contribution in [2.75, 3.05) is 5.32 Å². The molecule has 322 valence electrons. The number of amides is 1. The van der Waals surface area contributed by atoms with Gasteiger partial charge in [0.2, 0.25) is 11.5 Å². The van der Waals surface area contributed by atoms with Crippen molar-refractivity contribution >= 4 is 44.8 Å². The van der Waals surface area contributed by atoms with Gasteiger partial charge in [-0.1, -0.05) is 90.0 Å². The van der Waals surface area contributed by atoms with Crippen molar-refractivity contribution in [2.45, 2.75) is 93.9 Å². The summed E-state index contributed by atoms with van der Waals surface area (Å²) in [6, 6.07) is 22.6. The Labute approximate surface area is 359 Å². The maximum absolute atomic E-state index is 11.5. The molecule has 0 radical (unpaired) electrons. The van der Waals surface area contributed by atoms with E-state index >= 15 is 0 Å². The molecule has 4 N–H and O–H groups in total. The van der Waals surface area contributed by atoms with E-state index in [0.717, 1.165) is 55.9 Å². The number of aromatic amines is 3. The van der Waals surface area contributed by atoms with Crippen LogP contribution in [0.1, 0.15) is 90.3 Å². The molecule has 0 saturated heterocycles. The first-order valence-electron chi connectivity index (χ1n) is 21.3. The molecule has 0 atom stereocenters. The van der Waals surface area contributed by atoms with E-state index in [9.17, 15) is 9.59 Å². The summed E-state index contributed by atoms with van der Waals surface area (Å²) in [4.78, 5) is 58.2. The third kappa shape index (κ3) is 11.1. The van der Waals surface area contributed by atoms with Gasteiger partial charge in [-0.2, -0.15) is 0 Å². The van der Waals surface area contributed by atoms with Crippen LogP contribution < -0.4 is 10.9 Å². The smallest absolute Gasteiger partial charge is 0.249 e. The zero-order chi connectivity index (χ0) is 44.4. The number of para-hydroxylation sites is 4. The Hall–Kier alpha value is -7.36. The second kappa shape index (κ2) is 22.9. The highest BCUT2D eigenvalue weighted by molar-refractivity contribution is 5.92. The number of carbonyl (C=O) groups excluding carboxylic acids is 1. The SMILES string of the molecule is CC.CC.CC.CC.O=C1CCc2c(CCc3cc(-c4nc5ccccc5[nH]4)no3)ncnc2N1.O=c1ccc2c(CCc3cc(-c4nc5ccccc5[nH]4)no3)ncnc2[nH]1. The maximum Gasteiger partial charge on any atom is 0.249 e. The number of hydrogen-bond donors (Lipinski definition) is 4. The van der Waals surface area contributed by atoms with Crippen molar-refractivity contribution in [1.82, 2.24) is 55.2 Å². The lowest BCUT2D eigenvalue weighted by Gasteiger charge is -2.17. The first-order valence-corrected chi connectivity index (χ1v) is 21.3. The molecule has 7 aromatic heterocycles. The van der Waals surface area contributed by atoms with Crippen LogP contribution in [0.4, 0.5) is 5.82 Å². The van der Waals surface area contributed by atoms with Crippen LogP contribution in [0.3, 0.4) is 0 Å². The Morgan fingerprint density at radius 3 is 1.68 bits per heavy atom. The van der Waals surface area contributed by atoms with Crippen LogP contribution in [0.15, 0.2) is 99.3 Å². The van der Waals surface area contributed by atoms with Crippen LogP contribution >= 0.6 is 0 Å². The van der Waals surface area contributed by atoms with Gasteiger partial charge in [0.05, 0.1) is 27.8 Å². The average molecular weight is 839 g/mol. The van der Waals surface area contributed by atoms with E-state index in [4.69, 9.17) is 9.05 Å². The van der Waals surface area contributed by atoms with Crippen molar-refractivity contribution in [3.05, 3.63) is 124 Å². The fourth-order valence-corrected chi connectivity index (χ4v) is 6.41. The van der Waals surface area contributed by atoms with Crippen molar-refractivity contribution in [3.8, 4) is 23.0 Å². The molecule has 2 aromatic carbocycles. The molecule has 1 aliphatic heterocycles. The van der Waals surface area contributed by atoms with Gasteiger partial charge in [-0.3, -0.25) is 9.59 Å². The maximum atomic E-state index is 11.5. The molecule has 0 saturated carbocycles. The summed E-state index contributed by atoms with van der Waals surface area (Å²) < 4.78 is 10.9. The summed E-state index contributed by atoms with van der Waals surface area (Å²) in [6.07, 6.45) is 6.68. The summed E-state index contributed by atoms with van der Waals surface area (Å²) in [5.74, 6) is 3.48. The van der Waals surface area contributed by atoms with Gasteiger partial charge in [-0.05, 0) is 49.6 Å². The van der Waals surface area contributed by atoms with Crippen LogP contribution in [0.5, 0.6) is 0 Å². The van der Waals surface area contributed by atoms with E-state index in [1.807, 2.05) is 116 Å². The molecule has 8 heterocycles. The normalized spacial score (nSPS) is 11.3. The zero-order valence-electron chi connectivity index (χ0n) is 36.5. The predicted octanol–water partition coefficient (Wildman–Crippen LogP) is 9.42. The van der Waals surface area contributed by atoms with Crippen molar-refractivity contribution in [2.24, 2.45) is 0 Å². The molecule has 62 heavy (non-hydrogen) atoms. The van der Waals surface area contributed by atoms with Crippen LogP contribution in [0.2, 0.25) is 0 Å². The van der Waals surface area contributed by atoms with E-state index in [2.05, 4.69) is 60.5 Å². The minimum Gasteiger partial charge on any atom is -0.361 e. The van der Waals surface area contributed by atoms with Gasteiger partial charge in [0.1, 0.15) is 47.0 Å². The molecule has 16 nitrogen and oxygen atoms in total. The van der Waals surface area contributed by atoms with Crippen molar-refractivity contribution in [1.29, 1.82) is 0 Å². The van der Waals surface area contributed by atoms with Crippen LogP contribution in [0.25, 0.3) is 56.1 Å². The lowest BCUT2D eigenvalue weighted by Crippen LogP contribution is -2.22. The van der Waals surface area contributed by atoms with Crippen molar-refractivity contribution < 1.29 is 13.8 Å². The largest absolute Gasteiger partial charge is 0.361 e. The number of rotatable bonds is 8. The van der Waals surface area contributed by atoms with E-state index in [1.165, 1.54) is 18.7 Å². The van der Waals surface area contributed by atoms with Gasteiger partial charge in [0, 0.05) is 54.1 Å². The number of H-pyrrole nitrogens is 3. The molecule has 0 aliphatic carbocycles. The monoisotopic (exact) mass is 838 g/mol. The molecule has 0 spiro atoms. The van der Waals surface area contributed by atoms with Crippen LogP contribution in [-0.2, 0) is 36.9 Å². The lowest BCUT2D eigenvalue weighted by molar-refractivity contribution is -0.116. The van der Waals surface area contributed by atoms with Gasteiger partial charge < -0.3 is 29.3 Å². The van der Waals surface area contributed by atoms with E-state index < -0.39 is 0 Å². The number of anilines is 1. The third-order valence-corrected chi connectivity index (χ3v) is 9.10. The number of nitrogens with zero attached hydrogens (tertiary/aromatic N) is 8. The Morgan fingerprint density at radius 2 is 1.10 bits per heavy atom. The number of pyridine rings is 1. The zero-order valence-corrected chi connectivity index (χ0v) is 36.5. The van der Waals surface area contributed by atoms with Crippen LogP contribution in [0, 0.1) is 0 Å². The number of hydrogen-bond acceptors (Lipinski definition) is 12. The fourth-order valence-electron chi connectivity index (χ4n) is 6.41. The molecule has 0 bridgehead atoms. The lowest BCUT2D eigenvalue weighted by atomic mass is 10.0. The highest BCUT2D eigenvalue weighted by Crippen LogP contribution is 2.25. The Balaban J connectivity index is 0.000000202. The molecule has 16 heteroatoms. The highest BCUT2D eigenvalue weighted by Gasteiger charge is 2.20. The van der Waals surface area contributed by atoms with Gasteiger partial charge in [0.25, 0.3) is 0 Å². The number of nitrogens with one attached hydrogen (secondary N) is 4. The minimum atomic E-state index is -0.183. The molecule has 1 amide bonds. The average Bonchev–Trinajstić information content (AvgIpc) is 4.17. The van der Waals surface area contributed by atoms with Gasteiger partial charge in [-0.25, -0.2) is 29.9 Å². The standard InChI is InChI=1S/C19H16N6O2.C19H14N6O2.4C2H6/c2*26-17-8-6-12-13(20-10-21-18(12)24-17)7-5-11-9-16(25-27-11)19-22-14-3-1-2-4-15(14)23-19;4*1-2/h1-4,9-10H,5-8H2,(H,22,23)(H,20,21,24,26);1-4,6,8-10H,5,7H2,(H,22,23)(H,20,21,24,26);4*1-2H3. The quantitative estimate of drug-likeness (QED) is 0.112. The highest BCUT2D eigenvalue weighted by atomic mass is 16.5. The molecule has 10 rings (SSSR count). The molecule has 9 aromatic rings. The number of aryl methyl sites for hydroxylation is 4. The molecule has 0 unspecified atom stereocenters. The van der Waals surface area contributed by atoms with E-state index in [-0.39, 0.29) is 11.5 Å². The Kier molecular flexibility index (Phi) is 16.9. The summed E-state index contributed by atoms with van der Waals surface area (Å²) in [5, 5.41) is 11.9. The van der Waals surface area contributed by atoms with Crippen LogP contribution in [-0.4, -0.2) is 61.1 Å². The number of fused-ring (bicyclic) bond motifs is 4. The summed E-state index contributed by atoms with van der Waals surface area (Å²) >= 11 is 0. The topological polar surface area (TPSA) is 223 Å². The first-order chi connectivity index (χ1) is 30.5. The number of aromatic nitrogens is 11. The number of carbonyl (C=O) groups is 1. The van der Waals surface area contributed by atoms with Crippen molar-refractivity contribution in [3.63, 3.8) is 0 Å². The predicted molar refractivity (Wildman–Crippen MR) is 243 cm³/mol. The molecular formula is C46H54N12O4. The minimum absolute atomic E-state index is 0.00198. The summed E-state index contributed by atoms with van der Waals surface area (Å²) in [5.41, 5.74) is 8.19. The molecule has 0 fully saturated rings. The van der Waals surface area contributed by atoms with E-state index in [1.54, 1.807) is 6.07 Å². The molecular weight excluding hydrogens is 785 g/mol. The number of benzene rings is 2. The van der Waals surface area contributed by atoms with E-state index in [0.29, 0.717) is 73.0 Å². The summed E-state index contributed by atoms with van der Waals surface area (Å²) in [6.45, 7) is 16.0. The first kappa shape index (κ1) is 45.7. The molecule has 1 aliphatic rings. The Bertz CT molecular complexity index is 2790. The third-order valence-electron chi connectivity index (χ3n) is 9.10. The number of imidazole rings is 2.